The van der Waals surface area contributed by atoms with Crippen LogP contribution in [0.15, 0.2) is 36.4 Å². The lowest BCUT2D eigenvalue weighted by Gasteiger charge is -2.26. The van der Waals surface area contributed by atoms with Crippen molar-refractivity contribution >= 4 is 6.03 Å². The molecule has 2 N–H and O–H groups in total. The summed E-state index contributed by atoms with van der Waals surface area (Å²) in [4.78, 5) is 12.2. The number of carbonyl (C=O) groups is 1. The standard InChI is InChI=1S/C20H24N2O5/c1-24-16-5-7-17-14(10-16)9-15(12-27-17)22-20(23)21-11-13-4-6-18(25-2)19(8-13)26-3/h4-8,10,15H,9,11-12H2,1-3H3,(H2,21,22,23). The fraction of sp³-hybridized carbons (Fsp3) is 0.350. The van der Waals surface area contributed by atoms with Gasteiger partial charge in [0.05, 0.1) is 27.4 Å². The van der Waals surface area contributed by atoms with Crippen molar-refractivity contribution in [2.45, 2.75) is 19.0 Å². The molecule has 1 aliphatic rings. The van der Waals surface area contributed by atoms with Crippen LogP contribution < -0.4 is 29.6 Å². The van der Waals surface area contributed by atoms with Gasteiger partial charge < -0.3 is 29.6 Å². The Morgan fingerprint density at radius 3 is 2.63 bits per heavy atom. The minimum Gasteiger partial charge on any atom is -0.497 e. The van der Waals surface area contributed by atoms with Crippen molar-refractivity contribution in [3.63, 3.8) is 0 Å². The molecular weight excluding hydrogens is 348 g/mol. The van der Waals surface area contributed by atoms with Crippen LogP contribution in [-0.4, -0.2) is 40.0 Å². The molecule has 0 fully saturated rings. The van der Waals surface area contributed by atoms with Gasteiger partial charge in [0, 0.05) is 6.54 Å². The molecule has 0 aromatic heterocycles. The maximum atomic E-state index is 12.2. The van der Waals surface area contributed by atoms with Crippen LogP contribution in [0.4, 0.5) is 4.79 Å². The van der Waals surface area contributed by atoms with Crippen molar-refractivity contribution in [1.29, 1.82) is 0 Å². The highest BCUT2D eigenvalue weighted by atomic mass is 16.5. The van der Waals surface area contributed by atoms with Gasteiger partial charge in [-0.1, -0.05) is 6.07 Å². The molecule has 2 aromatic rings. The number of carbonyl (C=O) groups excluding carboxylic acids is 1. The third-order valence-corrected chi connectivity index (χ3v) is 4.41. The highest BCUT2D eigenvalue weighted by Gasteiger charge is 2.22. The molecule has 3 rings (SSSR count). The third kappa shape index (κ3) is 4.55. The number of hydrogen-bond acceptors (Lipinski definition) is 5. The van der Waals surface area contributed by atoms with Gasteiger partial charge in [-0.15, -0.1) is 0 Å². The number of amides is 2. The van der Waals surface area contributed by atoms with E-state index in [1.165, 1.54) is 0 Å². The Bertz CT molecular complexity index is 809. The molecule has 144 valence electrons. The summed E-state index contributed by atoms with van der Waals surface area (Å²) in [6.45, 7) is 0.813. The topological polar surface area (TPSA) is 78.1 Å². The van der Waals surface area contributed by atoms with Gasteiger partial charge in [0.1, 0.15) is 18.1 Å². The number of ether oxygens (including phenoxy) is 4. The zero-order valence-electron chi connectivity index (χ0n) is 15.7. The van der Waals surface area contributed by atoms with Crippen LogP contribution in [0.25, 0.3) is 0 Å². The van der Waals surface area contributed by atoms with Crippen molar-refractivity contribution in [2.75, 3.05) is 27.9 Å². The quantitative estimate of drug-likeness (QED) is 0.815. The SMILES string of the molecule is COc1ccc2c(c1)CC(NC(=O)NCc1ccc(OC)c(OC)c1)CO2. The molecule has 0 aliphatic carbocycles. The van der Waals surface area contributed by atoms with E-state index in [-0.39, 0.29) is 12.1 Å². The normalized spacial score (nSPS) is 15.1. The third-order valence-electron chi connectivity index (χ3n) is 4.41. The molecule has 0 spiro atoms. The van der Waals surface area contributed by atoms with Crippen molar-refractivity contribution in [2.24, 2.45) is 0 Å². The van der Waals surface area contributed by atoms with Crippen molar-refractivity contribution in [1.82, 2.24) is 10.6 Å². The molecule has 1 aliphatic heterocycles. The molecule has 0 saturated carbocycles. The zero-order valence-corrected chi connectivity index (χ0v) is 15.7. The van der Waals surface area contributed by atoms with E-state index in [0.29, 0.717) is 31.1 Å². The molecule has 1 heterocycles. The summed E-state index contributed by atoms with van der Waals surface area (Å²) in [5, 5.41) is 5.80. The smallest absolute Gasteiger partial charge is 0.315 e. The second-order valence-electron chi connectivity index (χ2n) is 6.20. The maximum absolute atomic E-state index is 12.2. The van der Waals surface area contributed by atoms with Crippen LogP contribution in [0.1, 0.15) is 11.1 Å². The zero-order chi connectivity index (χ0) is 19.2. The fourth-order valence-electron chi connectivity index (χ4n) is 3.00. The molecule has 0 bridgehead atoms. The summed E-state index contributed by atoms with van der Waals surface area (Å²) in [7, 11) is 4.80. The van der Waals surface area contributed by atoms with E-state index in [9.17, 15) is 4.79 Å². The van der Waals surface area contributed by atoms with Gasteiger partial charge in [0.2, 0.25) is 0 Å². The number of urea groups is 1. The summed E-state index contributed by atoms with van der Waals surface area (Å²) in [5.41, 5.74) is 1.93. The Labute approximate surface area is 158 Å². The number of methoxy groups -OCH3 is 3. The molecule has 0 saturated heterocycles. The van der Waals surface area contributed by atoms with Crippen LogP contribution in [-0.2, 0) is 13.0 Å². The number of hydrogen-bond donors (Lipinski definition) is 2. The predicted molar refractivity (Wildman–Crippen MR) is 101 cm³/mol. The Morgan fingerprint density at radius 1 is 1.07 bits per heavy atom. The van der Waals surface area contributed by atoms with Gasteiger partial charge in [-0.05, 0) is 47.9 Å². The van der Waals surface area contributed by atoms with E-state index in [2.05, 4.69) is 10.6 Å². The lowest BCUT2D eigenvalue weighted by Crippen LogP contribution is -2.47. The number of rotatable bonds is 6. The monoisotopic (exact) mass is 372 g/mol. The van der Waals surface area contributed by atoms with Gasteiger partial charge in [0.15, 0.2) is 11.5 Å². The molecule has 1 atom stereocenters. The minimum absolute atomic E-state index is 0.102. The van der Waals surface area contributed by atoms with Crippen LogP contribution in [0, 0.1) is 0 Å². The molecule has 2 aromatic carbocycles. The van der Waals surface area contributed by atoms with Crippen molar-refractivity contribution in [3.05, 3.63) is 47.5 Å². The fourth-order valence-corrected chi connectivity index (χ4v) is 3.00. The van der Waals surface area contributed by atoms with Gasteiger partial charge in [-0.3, -0.25) is 0 Å². The van der Waals surface area contributed by atoms with E-state index in [0.717, 1.165) is 22.6 Å². The van der Waals surface area contributed by atoms with Gasteiger partial charge >= 0.3 is 6.03 Å². The van der Waals surface area contributed by atoms with Crippen LogP contribution in [0.5, 0.6) is 23.0 Å². The minimum atomic E-state index is -0.246. The second-order valence-corrected chi connectivity index (χ2v) is 6.20. The summed E-state index contributed by atoms with van der Waals surface area (Å²) >= 11 is 0. The summed E-state index contributed by atoms with van der Waals surface area (Å²) < 4.78 is 21.5. The van der Waals surface area contributed by atoms with E-state index < -0.39 is 0 Å². The Morgan fingerprint density at radius 2 is 1.89 bits per heavy atom. The number of fused-ring (bicyclic) bond motifs is 1. The molecule has 1 unspecified atom stereocenters. The van der Waals surface area contributed by atoms with E-state index in [1.807, 2.05) is 36.4 Å². The first-order valence-electron chi connectivity index (χ1n) is 8.68. The van der Waals surface area contributed by atoms with Gasteiger partial charge in [0.25, 0.3) is 0 Å². The molecule has 27 heavy (non-hydrogen) atoms. The summed E-state index contributed by atoms with van der Waals surface area (Å²) in [6.07, 6.45) is 0.691. The Balaban J connectivity index is 1.54. The first kappa shape index (κ1) is 18.7. The Hall–Kier alpha value is -3.09. The predicted octanol–water partition coefficient (Wildman–Crippen LogP) is 2.52. The molecule has 0 radical (unpaired) electrons. The van der Waals surface area contributed by atoms with Gasteiger partial charge in [-0.2, -0.15) is 0 Å². The maximum Gasteiger partial charge on any atom is 0.315 e. The Kier molecular flexibility index (Phi) is 5.90. The highest BCUT2D eigenvalue weighted by molar-refractivity contribution is 5.74. The lowest BCUT2D eigenvalue weighted by atomic mass is 10.0. The average Bonchev–Trinajstić information content (AvgIpc) is 2.71. The summed E-state index contributed by atoms with van der Waals surface area (Å²) in [6, 6.07) is 10.9. The largest absolute Gasteiger partial charge is 0.497 e. The van der Waals surface area contributed by atoms with E-state index >= 15 is 0 Å². The second kappa shape index (κ2) is 8.53. The van der Waals surface area contributed by atoms with Crippen molar-refractivity contribution in [3.8, 4) is 23.0 Å². The lowest BCUT2D eigenvalue weighted by molar-refractivity contribution is 0.214. The van der Waals surface area contributed by atoms with Crippen LogP contribution in [0.2, 0.25) is 0 Å². The summed E-state index contributed by atoms with van der Waals surface area (Å²) in [5.74, 6) is 2.89. The van der Waals surface area contributed by atoms with E-state index in [4.69, 9.17) is 18.9 Å². The van der Waals surface area contributed by atoms with Crippen molar-refractivity contribution < 1.29 is 23.7 Å². The molecular formula is C20H24N2O5. The van der Waals surface area contributed by atoms with Gasteiger partial charge in [-0.25, -0.2) is 4.79 Å². The molecule has 2 amide bonds. The van der Waals surface area contributed by atoms with Crippen LogP contribution in [0.3, 0.4) is 0 Å². The van der Waals surface area contributed by atoms with Crippen LogP contribution >= 0.6 is 0 Å². The first-order valence-corrected chi connectivity index (χ1v) is 8.68. The molecule has 7 heteroatoms. The van der Waals surface area contributed by atoms with E-state index in [1.54, 1.807) is 21.3 Å². The average molecular weight is 372 g/mol. The molecule has 7 nitrogen and oxygen atoms in total. The highest BCUT2D eigenvalue weighted by Crippen LogP contribution is 2.29. The number of benzene rings is 2. The number of nitrogens with one attached hydrogen (secondary N) is 2. The first-order chi connectivity index (χ1) is 13.1.